The summed E-state index contributed by atoms with van der Waals surface area (Å²) in [5.41, 5.74) is 2.89. The van der Waals surface area contributed by atoms with Gasteiger partial charge in [-0.3, -0.25) is 14.5 Å². The number of rotatable bonds is 9. The maximum Gasteiger partial charge on any atom is 0.308 e. The minimum atomic E-state index is -0.350. The fraction of sp³-hybridized carbons (Fsp3) is 0.486. The van der Waals surface area contributed by atoms with Crippen molar-refractivity contribution in [2.45, 2.75) is 70.1 Å². The van der Waals surface area contributed by atoms with Crippen LogP contribution < -0.4 is 14.2 Å². The van der Waals surface area contributed by atoms with Gasteiger partial charge in [-0.15, -0.1) is 6.58 Å². The third kappa shape index (κ3) is 4.62. The van der Waals surface area contributed by atoms with Gasteiger partial charge in [0.25, 0.3) is 0 Å². The van der Waals surface area contributed by atoms with Crippen molar-refractivity contribution in [2.75, 3.05) is 26.7 Å². The fourth-order valence-electron chi connectivity index (χ4n) is 8.36. The van der Waals surface area contributed by atoms with Crippen LogP contribution >= 0.6 is 0 Å². The third-order valence-corrected chi connectivity index (χ3v) is 9.77. The molecule has 0 unspecified atom stereocenters. The molecule has 1 saturated carbocycles. The molecule has 222 valence electrons. The normalized spacial score (nSPS) is 27.4. The molecule has 7 nitrogen and oxygen atoms in total. The average molecular weight is 571 g/mol. The monoisotopic (exact) mass is 570 g/mol. The highest BCUT2D eigenvalue weighted by molar-refractivity contribution is 5.92. The van der Waals surface area contributed by atoms with Crippen molar-refractivity contribution in [2.24, 2.45) is 11.8 Å². The Balaban J connectivity index is 1.46. The van der Waals surface area contributed by atoms with E-state index in [1.54, 1.807) is 13.2 Å². The van der Waals surface area contributed by atoms with Crippen molar-refractivity contribution in [3.8, 4) is 17.2 Å². The molecule has 2 aromatic carbocycles. The molecule has 4 aliphatic rings. The second-order valence-corrected chi connectivity index (χ2v) is 12.6. The summed E-state index contributed by atoms with van der Waals surface area (Å²) in [5.74, 6) is 2.23. The lowest BCUT2D eigenvalue weighted by Gasteiger charge is -2.60. The summed E-state index contributed by atoms with van der Waals surface area (Å²) in [6, 6.07) is 11.9. The number of esters is 1. The first-order valence-electron chi connectivity index (χ1n) is 15.3. The van der Waals surface area contributed by atoms with Crippen LogP contribution in [0.1, 0.15) is 56.7 Å². The molecular formula is C35H42N2O5. The van der Waals surface area contributed by atoms with Gasteiger partial charge in [0.15, 0.2) is 11.5 Å². The van der Waals surface area contributed by atoms with Gasteiger partial charge in [0, 0.05) is 54.7 Å². The first-order valence-corrected chi connectivity index (χ1v) is 15.3. The van der Waals surface area contributed by atoms with Gasteiger partial charge < -0.3 is 19.1 Å². The lowest BCUT2D eigenvalue weighted by molar-refractivity contribution is -0.138. The highest BCUT2D eigenvalue weighted by atomic mass is 16.5. The molecule has 0 N–H and O–H groups in total. The van der Waals surface area contributed by atoms with Crippen LogP contribution in [0.2, 0.25) is 0 Å². The Morgan fingerprint density at radius 2 is 2.00 bits per heavy atom. The highest BCUT2D eigenvalue weighted by Crippen LogP contribution is 2.65. The Hall–Kier alpha value is -3.58. The van der Waals surface area contributed by atoms with Crippen LogP contribution in [-0.4, -0.2) is 66.6 Å². The number of ether oxygens (including phenoxy) is 3. The summed E-state index contributed by atoms with van der Waals surface area (Å²) < 4.78 is 18.7. The minimum absolute atomic E-state index is 0.0104. The lowest BCUT2D eigenvalue weighted by atomic mass is 9.50. The number of likely N-dealkylation sites (tertiary alicyclic amines) is 1. The summed E-state index contributed by atoms with van der Waals surface area (Å²) in [5, 5.41) is 0. The predicted octanol–water partition coefficient (Wildman–Crippen LogP) is 5.41. The molecule has 2 aliphatic carbocycles. The molecular weight excluding hydrogens is 528 g/mol. The van der Waals surface area contributed by atoms with Crippen molar-refractivity contribution >= 4 is 18.0 Å². The zero-order valence-corrected chi connectivity index (χ0v) is 25.2. The van der Waals surface area contributed by atoms with E-state index in [0.29, 0.717) is 29.9 Å². The van der Waals surface area contributed by atoms with E-state index >= 15 is 0 Å². The molecule has 6 rings (SSSR count). The number of hydrogen-bond donors (Lipinski definition) is 0. The topological polar surface area (TPSA) is 68.3 Å². The van der Waals surface area contributed by atoms with E-state index in [9.17, 15) is 9.59 Å². The average Bonchev–Trinajstić information content (AvgIpc) is 3.31. The van der Waals surface area contributed by atoms with Crippen molar-refractivity contribution < 1.29 is 23.8 Å². The molecule has 42 heavy (non-hydrogen) atoms. The van der Waals surface area contributed by atoms with E-state index in [1.807, 2.05) is 48.6 Å². The molecule has 2 heterocycles. The molecule has 2 aliphatic heterocycles. The Kier molecular flexibility index (Phi) is 7.64. The van der Waals surface area contributed by atoms with Gasteiger partial charge in [-0.25, -0.2) is 0 Å². The molecule has 2 bridgehead atoms. The Labute approximate surface area is 249 Å². The van der Waals surface area contributed by atoms with E-state index in [0.717, 1.165) is 61.2 Å². The molecule has 2 fully saturated rings. The number of methoxy groups -OCH3 is 1. The third-order valence-electron chi connectivity index (χ3n) is 9.77. The van der Waals surface area contributed by atoms with Gasteiger partial charge in [-0.1, -0.05) is 50.3 Å². The van der Waals surface area contributed by atoms with Crippen LogP contribution in [0.5, 0.6) is 17.2 Å². The number of amides is 1. The largest absolute Gasteiger partial charge is 0.493 e. The first-order chi connectivity index (χ1) is 20.3. The number of nitrogens with zero attached hydrogens (tertiary/aromatic N) is 2. The smallest absolute Gasteiger partial charge is 0.308 e. The number of benzene rings is 2. The Morgan fingerprint density at radius 3 is 2.69 bits per heavy atom. The summed E-state index contributed by atoms with van der Waals surface area (Å²) in [6.07, 6.45) is 8.93. The van der Waals surface area contributed by atoms with Crippen molar-refractivity contribution in [1.82, 2.24) is 9.80 Å². The van der Waals surface area contributed by atoms with Gasteiger partial charge in [0.2, 0.25) is 5.91 Å². The molecule has 7 heteroatoms. The van der Waals surface area contributed by atoms with Gasteiger partial charge in [-0.05, 0) is 55.7 Å². The zero-order chi connectivity index (χ0) is 29.6. The van der Waals surface area contributed by atoms with E-state index in [4.69, 9.17) is 14.2 Å². The summed E-state index contributed by atoms with van der Waals surface area (Å²) >= 11 is 0. The SMILES string of the molecule is C=CCN1CC[C@]23c4c5c(OC(C)=O)cc(OC)c4O[C@H]2[C@H](N(CC(C)C)C(=O)C=Cc2ccccc2)CC[C@H]3[C@H]1C5. The van der Waals surface area contributed by atoms with Gasteiger partial charge in [0.1, 0.15) is 11.9 Å². The quantitative estimate of drug-likeness (QED) is 0.174. The standard InChI is InChI=1S/C35H42N2O5/c1-6-17-36-18-16-35-26-13-14-27(37(21-22(2)3)31(39)15-12-24-10-8-7-9-11-24)34(35)42-33-30(40-5)20-29(41-23(4)38)25(32(33)35)19-28(26)36/h6-12,15,20,22,26-28,34H,1,13-14,16-19,21H2,2-5H3/t26-,27+,28+,34-,35-/m0/s1. The predicted molar refractivity (Wildman–Crippen MR) is 163 cm³/mol. The van der Waals surface area contributed by atoms with Crippen LogP contribution in [0, 0.1) is 11.8 Å². The first kappa shape index (κ1) is 28.5. The maximum absolute atomic E-state index is 14.0. The van der Waals surface area contributed by atoms with Crippen LogP contribution in [0.3, 0.4) is 0 Å². The maximum atomic E-state index is 14.0. The van der Waals surface area contributed by atoms with Crippen molar-refractivity contribution in [1.29, 1.82) is 0 Å². The van der Waals surface area contributed by atoms with E-state index < -0.39 is 0 Å². The second kappa shape index (κ2) is 11.3. The van der Waals surface area contributed by atoms with Crippen LogP contribution in [-0.2, 0) is 21.4 Å². The summed E-state index contributed by atoms with van der Waals surface area (Å²) in [7, 11) is 1.63. The number of piperidine rings is 1. The summed E-state index contributed by atoms with van der Waals surface area (Å²) in [6.45, 7) is 12.2. The molecule has 5 atom stereocenters. The Bertz CT molecular complexity index is 1400. The molecule has 1 spiro atoms. The minimum Gasteiger partial charge on any atom is -0.493 e. The van der Waals surface area contributed by atoms with Crippen molar-refractivity contribution in [3.05, 3.63) is 71.8 Å². The van der Waals surface area contributed by atoms with Gasteiger partial charge in [0.05, 0.1) is 13.2 Å². The number of carbonyl (C=O) groups is 2. The highest BCUT2D eigenvalue weighted by Gasteiger charge is 2.67. The molecule has 0 radical (unpaired) electrons. The van der Waals surface area contributed by atoms with Crippen LogP contribution in [0.15, 0.2) is 55.1 Å². The van der Waals surface area contributed by atoms with Gasteiger partial charge in [-0.2, -0.15) is 0 Å². The summed E-state index contributed by atoms with van der Waals surface area (Å²) in [4.78, 5) is 30.8. The fourth-order valence-corrected chi connectivity index (χ4v) is 8.36. The van der Waals surface area contributed by atoms with Crippen molar-refractivity contribution in [3.63, 3.8) is 0 Å². The van der Waals surface area contributed by atoms with E-state index in [2.05, 4.69) is 30.2 Å². The zero-order valence-electron chi connectivity index (χ0n) is 25.2. The van der Waals surface area contributed by atoms with Crippen LogP contribution in [0.25, 0.3) is 6.08 Å². The number of hydrogen-bond acceptors (Lipinski definition) is 6. The van der Waals surface area contributed by atoms with Crippen LogP contribution in [0.4, 0.5) is 0 Å². The van der Waals surface area contributed by atoms with Gasteiger partial charge >= 0.3 is 5.97 Å². The Morgan fingerprint density at radius 1 is 1.21 bits per heavy atom. The second-order valence-electron chi connectivity index (χ2n) is 12.6. The molecule has 1 amide bonds. The molecule has 0 aromatic heterocycles. The molecule has 2 aromatic rings. The lowest BCUT2D eigenvalue weighted by Crippen LogP contribution is -2.69. The molecule has 1 saturated heterocycles. The number of carbonyl (C=O) groups excluding carboxylic acids is 2. The van der Waals surface area contributed by atoms with E-state index in [1.165, 1.54) is 6.92 Å². The van der Waals surface area contributed by atoms with E-state index in [-0.39, 0.29) is 35.5 Å².